The van der Waals surface area contributed by atoms with E-state index in [1.54, 1.807) is 0 Å². The molecular formula is C18H17ClN2. The number of hydrogen-bond donors (Lipinski definition) is 1. The molecule has 0 fully saturated rings. The molecule has 3 aromatic rings. The third-order valence-corrected chi connectivity index (χ3v) is 4.06. The van der Waals surface area contributed by atoms with Crippen LogP contribution in [0.3, 0.4) is 0 Å². The predicted molar refractivity (Wildman–Crippen MR) is 88.6 cm³/mol. The number of nitrogens with two attached hydrogens (primary N) is 1. The Balaban J connectivity index is 1.96. The van der Waals surface area contributed by atoms with Crippen LogP contribution in [-0.4, -0.2) is 4.98 Å². The highest BCUT2D eigenvalue weighted by Gasteiger charge is 2.12. The SMILES string of the molecule is Cc1ccc(Cl)cc1C(N)Cc1ccnc2ccccc12. The Labute approximate surface area is 129 Å². The van der Waals surface area contributed by atoms with Crippen molar-refractivity contribution in [3.05, 3.63) is 76.4 Å². The molecule has 2 aromatic carbocycles. The van der Waals surface area contributed by atoms with Gasteiger partial charge in [-0.1, -0.05) is 35.9 Å². The van der Waals surface area contributed by atoms with Crippen LogP contribution in [0.15, 0.2) is 54.7 Å². The van der Waals surface area contributed by atoms with Gasteiger partial charge in [-0.25, -0.2) is 0 Å². The van der Waals surface area contributed by atoms with Crippen molar-refractivity contribution in [3.63, 3.8) is 0 Å². The first-order valence-electron chi connectivity index (χ1n) is 6.99. The van der Waals surface area contributed by atoms with Gasteiger partial charge in [0.1, 0.15) is 0 Å². The van der Waals surface area contributed by atoms with Crippen molar-refractivity contribution in [2.75, 3.05) is 0 Å². The lowest BCUT2D eigenvalue weighted by Gasteiger charge is -2.16. The number of hydrogen-bond acceptors (Lipinski definition) is 2. The minimum absolute atomic E-state index is 0.0745. The highest BCUT2D eigenvalue weighted by molar-refractivity contribution is 6.30. The number of halogens is 1. The molecule has 106 valence electrons. The van der Waals surface area contributed by atoms with Crippen molar-refractivity contribution in [2.24, 2.45) is 5.73 Å². The molecule has 1 heterocycles. The molecule has 3 heteroatoms. The van der Waals surface area contributed by atoms with Crippen molar-refractivity contribution >= 4 is 22.5 Å². The van der Waals surface area contributed by atoms with E-state index in [9.17, 15) is 0 Å². The Morgan fingerprint density at radius 3 is 2.81 bits per heavy atom. The normalized spacial score (nSPS) is 12.5. The van der Waals surface area contributed by atoms with Crippen molar-refractivity contribution in [1.82, 2.24) is 4.98 Å². The summed E-state index contributed by atoms with van der Waals surface area (Å²) in [7, 11) is 0. The molecule has 2 nitrogen and oxygen atoms in total. The van der Waals surface area contributed by atoms with E-state index in [0.717, 1.165) is 27.9 Å². The average Bonchev–Trinajstić information content (AvgIpc) is 2.50. The third kappa shape index (κ3) is 2.92. The lowest BCUT2D eigenvalue weighted by atomic mass is 9.94. The predicted octanol–water partition coefficient (Wildman–Crippen LogP) is 4.44. The molecule has 0 amide bonds. The number of fused-ring (bicyclic) bond motifs is 1. The molecule has 21 heavy (non-hydrogen) atoms. The van der Waals surface area contributed by atoms with E-state index >= 15 is 0 Å². The van der Waals surface area contributed by atoms with Crippen LogP contribution >= 0.6 is 11.6 Å². The third-order valence-electron chi connectivity index (χ3n) is 3.82. The summed E-state index contributed by atoms with van der Waals surface area (Å²) in [5, 5.41) is 1.89. The molecule has 0 saturated carbocycles. The molecule has 2 N–H and O–H groups in total. The second-order valence-corrected chi connectivity index (χ2v) is 5.74. The highest BCUT2D eigenvalue weighted by atomic mass is 35.5. The number of aryl methyl sites for hydroxylation is 1. The highest BCUT2D eigenvalue weighted by Crippen LogP contribution is 2.25. The van der Waals surface area contributed by atoms with E-state index in [1.165, 1.54) is 11.1 Å². The van der Waals surface area contributed by atoms with Crippen molar-refractivity contribution in [3.8, 4) is 0 Å². The lowest BCUT2D eigenvalue weighted by Crippen LogP contribution is -2.15. The first kappa shape index (κ1) is 14.1. The van der Waals surface area contributed by atoms with Crippen molar-refractivity contribution < 1.29 is 0 Å². The summed E-state index contributed by atoms with van der Waals surface area (Å²) in [6.07, 6.45) is 2.61. The topological polar surface area (TPSA) is 38.9 Å². The van der Waals surface area contributed by atoms with Gasteiger partial charge in [0, 0.05) is 22.6 Å². The van der Waals surface area contributed by atoms with Crippen molar-refractivity contribution in [1.29, 1.82) is 0 Å². The van der Waals surface area contributed by atoms with Gasteiger partial charge in [0.05, 0.1) is 5.52 Å². The van der Waals surface area contributed by atoms with E-state index in [4.69, 9.17) is 17.3 Å². The maximum Gasteiger partial charge on any atom is 0.0704 e. The Kier molecular flexibility index (Phi) is 3.91. The zero-order chi connectivity index (χ0) is 14.8. The average molecular weight is 297 g/mol. The fraction of sp³-hybridized carbons (Fsp3) is 0.167. The van der Waals surface area contributed by atoms with Gasteiger partial charge in [-0.2, -0.15) is 0 Å². The molecule has 0 aliphatic heterocycles. The number of rotatable bonds is 3. The molecule has 0 aliphatic rings. The molecular weight excluding hydrogens is 280 g/mol. The van der Waals surface area contributed by atoms with Crippen LogP contribution in [0.4, 0.5) is 0 Å². The molecule has 1 aromatic heterocycles. The van der Waals surface area contributed by atoms with E-state index in [2.05, 4.69) is 18.0 Å². The summed E-state index contributed by atoms with van der Waals surface area (Å²) in [4.78, 5) is 4.39. The number of aromatic nitrogens is 1. The first-order valence-corrected chi connectivity index (χ1v) is 7.37. The summed E-state index contributed by atoms with van der Waals surface area (Å²) in [6.45, 7) is 2.07. The summed E-state index contributed by atoms with van der Waals surface area (Å²) in [5.41, 5.74) is 10.9. The fourth-order valence-corrected chi connectivity index (χ4v) is 2.87. The minimum atomic E-state index is -0.0745. The number of nitrogens with zero attached hydrogens (tertiary/aromatic N) is 1. The Morgan fingerprint density at radius 1 is 1.14 bits per heavy atom. The summed E-state index contributed by atoms with van der Waals surface area (Å²) in [6, 6.07) is 16.0. The zero-order valence-electron chi connectivity index (χ0n) is 11.9. The van der Waals surface area contributed by atoms with E-state index in [0.29, 0.717) is 0 Å². The second kappa shape index (κ2) is 5.84. The zero-order valence-corrected chi connectivity index (χ0v) is 12.6. The quantitative estimate of drug-likeness (QED) is 0.776. The maximum atomic E-state index is 6.41. The summed E-state index contributed by atoms with van der Waals surface area (Å²) >= 11 is 6.09. The van der Waals surface area contributed by atoms with Crippen LogP contribution < -0.4 is 5.73 Å². The van der Waals surface area contributed by atoms with Gasteiger partial charge in [-0.15, -0.1) is 0 Å². The largest absolute Gasteiger partial charge is 0.324 e. The van der Waals surface area contributed by atoms with E-state index in [1.807, 2.05) is 48.7 Å². The smallest absolute Gasteiger partial charge is 0.0704 e. The molecule has 0 aliphatic carbocycles. The number of benzene rings is 2. The monoisotopic (exact) mass is 296 g/mol. The van der Waals surface area contributed by atoms with Gasteiger partial charge in [0.2, 0.25) is 0 Å². The van der Waals surface area contributed by atoms with Crippen LogP contribution in [-0.2, 0) is 6.42 Å². The van der Waals surface area contributed by atoms with Gasteiger partial charge in [0.15, 0.2) is 0 Å². The first-order chi connectivity index (χ1) is 10.1. The number of para-hydroxylation sites is 1. The molecule has 0 spiro atoms. The number of pyridine rings is 1. The van der Waals surface area contributed by atoms with Crippen molar-refractivity contribution in [2.45, 2.75) is 19.4 Å². The van der Waals surface area contributed by atoms with Crippen LogP contribution in [0, 0.1) is 6.92 Å². The molecule has 0 radical (unpaired) electrons. The Bertz CT molecular complexity index is 778. The van der Waals surface area contributed by atoms with E-state index < -0.39 is 0 Å². The second-order valence-electron chi connectivity index (χ2n) is 5.30. The molecule has 0 saturated heterocycles. The fourth-order valence-electron chi connectivity index (χ4n) is 2.69. The van der Waals surface area contributed by atoms with Crippen LogP contribution in [0.5, 0.6) is 0 Å². The maximum absolute atomic E-state index is 6.41. The van der Waals surface area contributed by atoms with Crippen LogP contribution in [0.1, 0.15) is 22.7 Å². The van der Waals surface area contributed by atoms with Crippen LogP contribution in [0.25, 0.3) is 10.9 Å². The standard InChI is InChI=1S/C18H17ClN2/c1-12-6-7-14(19)11-16(12)17(20)10-13-8-9-21-18-5-3-2-4-15(13)18/h2-9,11,17H,10,20H2,1H3. The van der Waals surface area contributed by atoms with Gasteiger partial charge in [-0.05, 0) is 54.3 Å². The molecule has 1 unspecified atom stereocenters. The Morgan fingerprint density at radius 2 is 1.95 bits per heavy atom. The lowest BCUT2D eigenvalue weighted by molar-refractivity contribution is 0.719. The Hall–Kier alpha value is -1.90. The molecule has 3 rings (SSSR count). The van der Waals surface area contributed by atoms with Gasteiger partial charge < -0.3 is 5.73 Å². The molecule has 1 atom stereocenters. The van der Waals surface area contributed by atoms with Gasteiger partial charge in [0.25, 0.3) is 0 Å². The van der Waals surface area contributed by atoms with E-state index in [-0.39, 0.29) is 6.04 Å². The minimum Gasteiger partial charge on any atom is -0.324 e. The van der Waals surface area contributed by atoms with Crippen LogP contribution in [0.2, 0.25) is 5.02 Å². The summed E-state index contributed by atoms with van der Waals surface area (Å²) < 4.78 is 0. The van der Waals surface area contributed by atoms with Gasteiger partial charge in [-0.3, -0.25) is 4.98 Å². The van der Waals surface area contributed by atoms with Gasteiger partial charge >= 0.3 is 0 Å². The molecule has 0 bridgehead atoms. The summed E-state index contributed by atoms with van der Waals surface area (Å²) in [5.74, 6) is 0.